The van der Waals surface area contributed by atoms with Crippen LogP contribution in [0.25, 0.3) is 0 Å². The average Bonchev–Trinajstić information content (AvgIpc) is 2.04. The SMILES string of the molecule is I[As](I)c1ccc([As](I)I)cc1. The molecule has 0 N–H and O–H groups in total. The third kappa shape index (κ3) is 4.41. The van der Waals surface area contributed by atoms with E-state index >= 15 is 0 Å². The Morgan fingerprint density at radius 3 is 1.08 bits per heavy atom. The van der Waals surface area contributed by atoms with Crippen molar-refractivity contribution in [3.05, 3.63) is 24.3 Å². The summed E-state index contributed by atoms with van der Waals surface area (Å²) in [7, 11) is -1.38. The van der Waals surface area contributed by atoms with Crippen molar-refractivity contribution in [2.24, 2.45) is 0 Å². The van der Waals surface area contributed by atoms with Gasteiger partial charge in [-0.3, -0.25) is 0 Å². The molecule has 1 aromatic carbocycles. The van der Waals surface area contributed by atoms with Gasteiger partial charge in [0.15, 0.2) is 0 Å². The Kier molecular flexibility index (Phi) is 7.50. The summed E-state index contributed by atoms with van der Waals surface area (Å²) >= 11 is 10.3. The average molecular weight is 734 g/mol. The molecule has 1 rings (SSSR count). The second-order valence-corrected chi connectivity index (χ2v) is 45.3. The van der Waals surface area contributed by atoms with Crippen molar-refractivity contribution in [1.29, 1.82) is 0 Å². The van der Waals surface area contributed by atoms with Crippen LogP contribution >= 0.6 is 80.5 Å². The molecule has 0 aliphatic carbocycles. The van der Waals surface area contributed by atoms with Crippen molar-refractivity contribution in [1.82, 2.24) is 0 Å². The van der Waals surface area contributed by atoms with Gasteiger partial charge < -0.3 is 0 Å². The molecule has 66 valence electrons. The van der Waals surface area contributed by atoms with Crippen molar-refractivity contribution in [2.45, 2.75) is 0 Å². The monoisotopic (exact) mass is 733 g/mol. The Morgan fingerprint density at radius 2 is 0.917 bits per heavy atom. The van der Waals surface area contributed by atoms with E-state index in [-0.39, 0.29) is 0 Å². The van der Waals surface area contributed by atoms with Crippen molar-refractivity contribution < 1.29 is 0 Å². The molecule has 0 bridgehead atoms. The summed E-state index contributed by atoms with van der Waals surface area (Å²) in [4.78, 5) is 0. The third-order valence-electron chi connectivity index (χ3n) is 1.24. The van der Waals surface area contributed by atoms with E-state index in [0.29, 0.717) is 0 Å². The second kappa shape index (κ2) is 6.76. The van der Waals surface area contributed by atoms with Gasteiger partial charge in [0.1, 0.15) is 0 Å². The van der Waals surface area contributed by atoms with Crippen LogP contribution in [0, 0.1) is 0 Å². The van der Waals surface area contributed by atoms with E-state index in [0.717, 1.165) is 0 Å². The number of hydrogen-bond acceptors (Lipinski definition) is 0. The van der Waals surface area contributed by atoms with Crippen LogP contribution in [-0.2, 0) is 0 Å². The molecule has 0 amide bonds. The fourth-order valence-electron chi connectivity index (χ4n) is 0.678. The van der Waals surface area contributed by atoms with Crippen molar-refractivity contribution in [3.63, 3.8) is 0 Å². The van der Waals surface area contributed by atoms with Gasteiger partial charge in [-0.2, -0.15) is 0 Å². The molecular formula is C6H4As2I4. The quantitative estimate of drug-likeness (QED) is 0.325. The van der Waals surface area contributed by atoms with E-state index in [2.05, 4.69) is 105 Å². The molecule has 0 atom stereocenters. The predicted molar refractivity (Wildman–Crippen MR) is 93.3 cm³/mol. The van der Waals surface area contributed by atoms with E-state index in [9.17, 15) is 0 Å². The maximum atomic E-state index is 2.58. The van der Waals surface area contributed by atoms with Gasteiger partial charge in [-0.15, -0.1) is 0 Å². The first-order valence-corrected chi connectivity index (χ1v) is 27.7. The van der Waals surface area contributed by atoms with Crippen molar-refractivity contribution >= 4 is 105 Å². The van der Waals surface area contributed by atoms with Crippen LogP contribution in [0.5, 0.6) is 0 Å². The molecule has 0 aliphatic heterocycles. The van der Waals surface area contributed by atoms with Crippen LogP contribution in [0.3, 0.4) is 0 Å². The zero-order valence-corrected chi connectivity index (χ0v) is 18.1. The summed E-state index contributed by atoms with van der Waals surface area (Å²) in [6, 6.07) is 9.25. The molecule has 1 aromatic rings. The Labute approximate surface area is 126 Å². The van der Waals surface area contributed by atoms with Gasteiger partial charge in [0.05, 0.1) is 0 Å². The minimum absolute atomic E-state index is 0.691. The standard InChI is InChI=1S/C6H4As2I4/c9-7(10)5-1-2-6(4-3-5)8(11)12/h1-4H. The fraction of sp³-hybridized carbons (Fsp3) is 0. The van der Waals surface area contributed by atoms with Gasteiger partial charge in [0, 0.05) is 0 Å². The zero-order valence-electron chi connectivity index (χ0n) is 5.72. The first kappa shape index (κ1) is 13.3. The Hall–Kier alpha value is 3.26. The first-order valence-electron chi connectivity index (χ1n) is 2.94. The number of hydrogen-bond donors (Lipinski definition) is 0. The van der Waals surface area contributed by atoms with Gasteiger partial charge in [-0.1, -0.05) is 0 Å². The van der Waals surface area contributed by atoms with Crippen LogP contribution < -0.4 is 8.70 Å². The van der Waals surface area contributed by atoms with Crippen LogP contribution in [-0.4, -0.2) is 15.9 Å². The molecule has 0 spiro atoms. The molecule has 0 fully saturated rings. The van der Waals surface area contributed by atoms with Crippen LogP contribution in [0.15, 0.2) is 24.3 Å². The normalized spacial score (nSPS) is 11.2. The number of rotatable bonds is 2. The fourth-order valence-corrected chi connectivity index (χ4v) is 8.93. The Morgan fingerprint density at radius 1 is 0.667 bits per heavy atom. The molecule has 0 saturated heterocycles. The van der Waals surface area contributed by atoms with E-state index in [1.807, 2.05) is 0 Å². The van der Waals surface area contributed by atoms with Gasteiger partial charge >= 0.3 is 129 Å². The maximum absolute atomic E-state index is 2.58. The second-order valence-electron chi connectivity index (χ2n) is 1.98. The van der Waals surface area contributed by atoms with E-state index in [1.54, 1.807) is 8.70 Å². The zero-order chi connectivity index (χ0) is 9.14. The van der Waals surface area contributed by atoms with Gasteiger partial charge in [0.2, 0.25) is 0 Å². The molecule has 0 radical (unpaired) electrons. The van der Waals surface area contributed by atoms with E-state index < -0.39 is 15.9 Å². The Balaban J connectivity index is 2.86. The third-order valence-corrected chi connectivity index (χ3v) is 15.7. The summed E-state index contributed by atoms with van der Waals surface area (Å²) in [5.74, 6) is 0. The molecular weight excluding hydrogens is 730 g/mol. The van der Waals surface area contributed by atoms with Gasteiger partial charge in [0.25, 0.3) is 0 Å². The summed E-state index contributed by atoms with van der Waals surface area (Å²) in [5.41, 5.74) is 0. The summed E-state index contributed by atoms with van der Waals surface area (Å²) in [6.07, 6.45) is 0. The van der Waals surface area contributed by atoms with Crippen LogP contribution in [0.4, 0.5) is 0 Å². The first-order chi connectivity index (χ1) is 5.61. The molecule has 0 heterocycles. The minimum atomic E-state index is -0.691. The molecule has 0 aliphatic rings. The van der Waals surface area contributed by atoms with E-state index in [1.165, 1.54) is 0 Å². The van der Waals surface area contributed by atoms with Crippen LogP contribution in [0.1, 0.15) is 0 Å². The molecule has 0 nitrogen and oxygen atoms in total. The topological polar surface area (TPSA) is 0 Å². The summed E-state index contributed by atoms with van der Waals surface area (Å²) < 4.78 is 3.13. The van der Waals surface area contributed by atoms with E-state index in [4.69, 9.17) is 0 Å². The Bertz CT molecular complexity index is 219. The molecule has 6 heteroatoms. The molecule has 0 unspecified atom stereocenters. The van der Waals surface area contributed by atoms with Crippen molar-refractivity contribution in [3.8, 4) is 0 Å². The predicted octanol–water partition coefficient (Wildman–Crippen LogP) is 2.82. The summed E-state index contributed by atoms with van der Waals surface area (Å²) in [6.45, 7) is 0. The molecule has 0 saturated carbocycles. The number of halogens is 4. The summed E-state index contributed by atoms with van der Waals surface area (Å²) in [5, 5.41) is 0. The molecule has 0 aromatic heterocycles. The van der Waals surface area contributed by atoms with Gasteiger partial charge in [-0.25, -0.2) is 0 Å². The van der Waals surface area contributed by atoms with Crippen LogP contribution in [0.2, 0.25) is 0 Å². The van der Waals surface area contributed by atoms with Gasteiger partial charge in [-0.05, 0) is 0 Å². The van der Waals surface area contributed by atoms with Crippen molar-refractivity contribution in [2.75, 3.05) is 0 Å². The number of benzene rings is 1. The molecule has 12 heavy (non-hydrogen) atoms.